The van der Waals surface area contributed by atoms with Crippen LogP contribution in [0.25, 0.3) is 0 Å². The van der Waals surface area contributed by atoms with Crippen LogP contribution in [-0.4, -0.2) is 25.0 Å². The second-order valence-corrected chi connectivity index (χ2v) is 4.80. The molecule has 1 atom stereocenters. The molecule has 0 fully saturated rings. The Balaban J connectivity index is 2.43. The average Bonchev–Trinajstić information content (AvgIpc) is 2.38. The minimum absolute atomic E-state index is 0.218. The molecule has 0 radical (unpaired) electrons. The Kier molecular flexibility index (Phi) is 6.05. The van der Waals surface area contributed by atoms with Crippen molar-refractivity contribution < 1.29 is 14.3 Å². The molecule has 1 rings (SSSR count). The summed E-state index contributed by atoms with van der Waals surface area (Å²) in [6.45, 7) is 0. The lowest BCUT2D eigenvalue weighted by Crippen LogP contribution is -2.15. The molecule has 0 aliphatic carbocycles. The monoisotopic (exact) mass is 300 g/mol. The largest absolute Gasteiger partial charge is 0.496 e. The number of methoxy groups -OCH3 is 2. The van der Waals surface area contributed by atoms with E-state index in [1.807, 2.05) is 24.3 Å². The van der Waals surface area contributed by atoms with E-state index in [0.29, 0.717) is 0 Å². The molecule has 0 aromatic heterocycles. The highest BCUT2D eigenvalue weighted by atomic mass is 79.9. The number of esters is 1. The van der Waals surface area contributed by atoms with Gasteiger partial charge in [-0.25, -0.2) is 0 Å². The highest BCUT2D eigenvalue weighted by molar-refractivity contribution is 9.10. The van der Waals surface area contributed by atoms with Crippen molar-refractivity contribution in [3.63, 3.8) is 0 Å². The van der Waals surface area contributed by atoms with E-state index >= 15 is 0 Å². The first-order valence-corrected chi connectivity index (χ1v) is 6.44. The smallest absolute Gasteiger partial charge is 0.319 e. The fourth-order valence-corrected chi connectivity index (χ4v) is 2.14. The van der Waals surface area contributed by atoms with Crippen molar-refractivity contribution in [2.45, 2.75) is 24.1 Å². The van der Waals surface area contributed by atoms with E-state index in [1.165, 1.54) is 12.7 Å². The fraction of sp³-hybridized carbons (Fsp3) is 0.462. The molecule has 4 heteroatoms. The summed E-state index contributed by atoms with van der Waals surface area (Å²) in [5, 5.41) is 0. The van der Waals surface area contributed by atoms with Gasteiger partial charge in [0.1, 0.15) is 10.6 Å². The zero-order valence-corrected chi connectivity index (χ0v) is 11.7. The Bertz CT molecular complexity index is 365. The SMILES string of the molecule is COC(=O)C(Br)CCCc1ccccc1OC. The van der Waals surface area contributed by atoms with Gasteiger partial charge >= 0.3 is 5.97 Å². The molecule has 0 heterocycles. The Morgan fingerprint density at radius 3 is 2.71 bits per heavy atom. The molecule has 94 valence electrons. The number of carbonyl (C=O) groups is 1. The molecule has 3 nitrogen and oxygen atoms in total. The van der Waals surface area contributed by atoms with Crippen molar-refractivity contribution >= 4 is 21.9 Å². The summed E-state index contributed by atoms with van der Waals surface area (Å²) < 4.78 is 9.92. The van der Waals surface area contributed by atoms with E-state index in [-0.39, 0.29) is 10.8 Å². The van der Waals surface area contributed by atoms with Crippen LogP contribution in [0.15, 0.2) is 24.3 Å². The normalized spacial score (nSPS) is 11.9. The van der Waals surface area contributed by atoms with E-state index in [1.54, 1.807) is 7.11 Å². The van der Waals surface area contributed by atoms with E-state index in [2.05, 4.69) is 20.7 Å². The lowest BCUT2D eigenvalue weighted by Gasteiger charge is -2.09. The first-order valence-electron chi connectivity index (χ1n) is 5.52. The van der Waals surface area contributed by atoms with Gasteiger partial charge in [-0.05, 0) is 30.9 Å². The standard InChI is InChI=1S/C13H17BrO3/c1-16-12-9-4-3-6-10(12)7-5-8-11(14)13(15)17-2/h3-4,6,9,11H,5,7-8H2,1-2H3. The molecule has 0 aliphatic rings. The fourth-order valence-electron chi connectivity index (χ4n) is 1.63. The summed E-state index contributed by atoms with van der Waals surface area (Å²) in [6.07, 6.45) is 2.55. The molecule has 0 saturated carbocycles. The third kappa shape index (κ3) is 4.38. The number of hydrogen-bond donors (Lipinski definition) is 0. The van der Waals surface area contributed by atoms with E-state index < -0.39 is 0 Å². The van der Waals surface area contributed by atoms with Gasteiger partial charge < -0.3 is 9.47 Å². The minimum Gasteiger partial charge on any atom is -0.496 e. The third-order valence-electron chi connectivity index (χ3n) is 2.55. The van der Waals surface area contributed by atoms with Gasteiger partial charge in [-0.2, -0.15) is 0 Å². The summed E-state index contributed by atoms with van der Waals surface area (Å²) in [4.78, 5) is 11.0. The molecular formula is C13H17BrO3. The maximum absolute atomic E-state index is 11.2. The number of alkyl halides is 1. The second kappa shape index (κ2) is 7.33. The van der Waals surface area contributed by atoms with Gasteiger partial charge in [0, 0.05) is 0 Å². The maximum Gasteiger partial charge on any atom is 0.319 e. The minimum atomic E-state index is -0.220. The summed E-state index contributed by atoms with van der Waals surface area (Å²) in [7, 11) is 3.07. The predicted molar refractivity (Wildman–Crippen MR) is 70.7 cm³/mol. The van der Waals surface area contributed by atoms with Crippen molar-refractivity contribution in [3.05, 3.63) is 29.8 Å². The van der Waals surface area contributed by atoms with Crippen LogP contribution < -0.4 is 4.74 Å². The highest BCUT2D eigenvalue weighted by Gasteiger charge is 2.14. The quantitative estimate of drug-likeness (QED) is 0.598. The molecule has 17 heavy (non-hydrogen) atoms. The Morgan fingerprint density at radius 1 is 1.35 bits per heavy atom. The first kappa shape index (κ1) is 14.0. The lowest BCUT2D eigenvalue weighted by atomic mass is 10.1. The second-order valence-electron chi connectivity index (χ2n) is 3.69. The average molecular weight is 301 g/mol. The van der Waals surface area contributed by atoms with Gasteiger partial charge in [-0.1, -0.05) is 34.1 Å². The predicted octanol–water partition coefficient (Wildman–Crippen LogP) is 2.95. The van der Waals surface area contributed by atoms with Crippen LogP contribution in [0.5, 0.6) is 5.75 Å². The van der Waals surface area contributed by atoms with Crippen LogP contribution in [-0.2, 0) is 16.0 Å². The number of para-hydroxylation sites is 1. The molecule has 0 N–H and O–H groups in total. The number of halogens is 1. The van der Waals surface area contributed by atoms with Gasteiger partial charge in [0.25, 0.3) is 0 Å². The number of carbonyl (C=O) groups excluding carboxylic acids is 1. The number of hydrogen-bond acceptors (Lipinski definition) is 3. The van der Waals surface area contributed by atoms with Gasteiger partial charge in [-0.15, -0.1) is 0 Å². The molecule has 1 aromatic carbocycles. The summed E-state index contributed by atoms with van der Waals surface area (Å²) in [5.41, 5.74) is 1.17. The molecule has 0 amide bonds. The summed E-state index contributed by atoms with van der Waals surface area (Å²) >= 11 is 3.31. The van der Waals surface area contributed by atoms with Crippen LogP contribution in [0.4, 0.5) is 0 Å². The van der Waals surface area contributed by atoms with E-state index in [4.69, 9.17) is 4.74 Å². The molecular weight excluding hydrogens is 284 g/mol. The maximum atomic E-state index is 11.2. The van der Waals surface area contributed by atoms with Crippen LogP contribution in [0.2, 0.25) is 0 Å². The first-order chi connectivity index (χ1) is 8.19. The van der Waals surface area contributed by atoms with E-state index in [9.17, 15) is 4.79 Å². The van der Waals surface area contributed by atoms with Crippen LogP contribution >= 0.6 is 15.9 Å². The Labute approximate surface area is 110 Å². The van der Waals surface area contributed by atoms with Crippen molar-refractivity contribution in [2.75, 3.05) is 14.2 Å². The summed E-state index contributed by atoms with van der Waals surface area (Å²) in [5.74, 6) is 0.682. The Morgan fingerprint density at radius 2 is 2.06 bits per heavy atom. The number of rotatable bonds is 6. The van der Waals surface area contributed by atoms with Gasteiger partial charge in [0.2, 0.25) is 0 Å². The zero-order chi connectivity index (χ0) is 12.7. The lowest BCUT2D eigenvalue weighted by molar-refractivity contribution is -0.139. The number of aryl methyl sites for hydroxylation is 1. The van der Waals surface area contributed by atoms with Crippen LogP contribution in [0.3, 0.4) is 0 Å². The third-order valence-corrected chi connectivity index (χ3v) is 3.38. The topological polar surface area (TPSA) is 35.5 Å². The molecule has 0 bridgehead atoms. The van der Waals surface area contributed by atoms with Gasteiger partial charge in [-0.3, -0.25) is 4.79 Å². The highest BCUT2D eigenvalue weighted by Crippen LogP contribution is 2.20. The zero-order valence-electron chi connectivity index (χ0n) is 10.1. The van der Waals surface area contributed by atoms with Crippen molar-refractivity contribution in [2.24, 2.45) is 0 Å². The van der Waals surface area contributed by atoms with Gasteiger partial charge in [0.05, 0.1) is 14.2 Å². The Hall–Kier alpha value is -1.03. The van der Waals surface area contributed by atoms with Crippen LogP contribution in [0.1, 0.15) is 18.4 Å². The molecule has 0 spiro atoms. The van der Waals surface area contributed by atoms with Crippen molar-refractivity contribution in [3.8, 4) is 5.75 Å². The molecule has 1 aromatic rings. The van der Waals surface area contributed by atoms with Gasteiger partial charge in [0.15, 0.2) is 0 Å². The summed E-state index contributed by atoms with van der Waals surface area (Å²) in [6, 6.07) is 7.93. The van der Waals surface area contributed by atoms with Crippen molar-refractivity contribution in [1.82, 2.24) is 0 Å². The number of ether oxygens (including phenoxy) is 2. The van der Waals surface area contributed by atoms with E-state index in [0.717, 1.165) is 25.0 Å². The number of benzene rings is 1. The molecule has 1 unspecified atom stereocenters. The molecule has 0 saturated heterocycles. The van der Waals surface area contributed by atoms with Crippen molar-refractivity contribution in [1.29, 1.82) is 0 Å². The van der Waals surface area contributed by atoms with Crippen LogP contribution in [0, 0.1) is 0 Å². The molecule has 0 aliphatic heterocycles.